The van der Waals surface area contributed by atoms with Gasteiger partial charge < -0.3 is 20.3 Å². The Morgan fingerprint density at radius 1 is 1.45 bits per heavy atom. The van der Waals surface area contributed by atoms with Gasteiger partial charge in [0, 0.05) is 13.1 Å². The van der Waals surface area contributed by atoms with Crippen LogP contribution in [0.1, 0.15) is 32.5 Å². The van der Waals surface area contributed by atoms with Crippen molar-refractivity contribution in [3.8, 4) is 0 Å². The van der Waals surface area contributed by atoms with Gasteiger partial charge in [0.05, 0.1) is 12.5 Å². The van der Waals surface area contributed by atoms with Crippen LogP contribution < -0.4 is 10.6 Å². The van der Waals surface area contributed by atoms with Gasteiger partial charge >= 0.3 is 12.0 Å². The van der Waals surface area contributed by atoms with Crippen LogP contribution in [0.3, 0.4) is 0 Å². The molecular formula is C12H21N5O3. The monoisotopic (exact) mass is 283 g/mol. The normalized spacial score (nSPS) is 11.9. The number of carbonyl (C=O) groups excluding carboxylic acids is 1. The van der Waals surface area contributed by atoms with Crippen molar-refractivity contribution < 1.29 is 14.7 Å². The lowest BCUT2D eigenvalue weighted by molar-refractivity contribution is -0.141. The number of hydrogen-bond donors (Lipinski definition) is 3. The Hall–Kier alpha value is -2.12. The molecule has 0 saturated carbocycles. The van der Waals surface area contributed by atoms with Crippen LogP contribution in [-0.4, -0.2) is 38.4 Å². The van der Waals surface area contributed by atoms with E-state index in [2.05, 4.69) is 20.8 Å². The summed E-state index contributed by atoms with van der Waals surface area (Å²) in [6.45, 7) is 5.13. The van der Waals surface area contributed by atoms with Crippen LogP contribution in [0.4, 0.5) is 4.79 Å². The number of carboxylic acids is 1. The van der Waals surface area contributed by atoms with Crippen molar-refractivity contribution in [3.63, 3.8) is 0 Å². The first-order chi connectivity index (χ1) is 9.54. The first-order valence-electron chi connectivity index (χ1n) is 6.65. The first-order valence-corrected chi connectivity index (χ1v) is 6.65. The van der Waals surface area contributed by atoms with Gasteiger partial charge in [-0.3, -0.25) is 4.79 Å². The van der Waals surface area contributed by atoms with Crippen LogP contribution in [0.15, 0.2) is 6.33 Å². The van der Waals surface area contributed by atoms with Gasteiger partial charge in [0.1, 0.15) is 6.33 Å². The molecule has 0 fully saturated rings. The molecule has 0 radical (unpaired) electrons. The van der Waals surface area contributed by atoms with Crippen molar-refractivity contribution in [1.82, 2.24) is 25.4 Å². The molecule has 0 bridgehead atoms. The quantitative estimate of drug-likeness (QED) is 0.605. The van der Waals surface area contributed by atoms with Crippen molar-refractivity contribution in [3.05, 3.63) is 12.2 Å². The van der Waals surface area contributed by atoms with Crippen molar-refractivity contribution in [2.24, 2.45) is 5.92 Å². The van der Waals surface area contributed by atoms with Crippen LogP contribution in [0.2, 0.25) is 0 Å². The van der Waals surface area contributed by atoms with Gasteiger partial charge in [-0.25, -0.2) is 4.79 Å². The maximum atomic E-state index is 11.5. The summed E-state index contributed by atoms with van der Waals surface area (Å²) >= 11 is 0. The highest BCUT2D eigenvalue weighted by atomic mass is 16.4. The smallest absolute Gasteiger partial charge is 0.315 e. The van der Waals surface area contributed by atoms with Crippen molar-refractivity contribution in [1.29, 1.82) is 0 Å². The third-order valence-corrected chi connectivity index (χ3v) is 2.96. The van der Waals surface area contributed by atoms with E-state index in [-0.39, 0.29) is 11.9 Å². The van der Waals surface area contributed by atoms with E-state index < -0.39 is 5.97 Å². The molecule has 1 aromatic rings. The molecule has 0 saturated heterocycles. The van der Waals surface area contributed by atoms with Crippen LogP contribution in [0.25, 0.3) is 0 Å². The summed E-state index contributed by atoms with van der Waals surface area (Å²) in [5, 5.41) is 21.7. The largest absolute Gasteiger partial charge is 0.481 e. The Balaban J connectivity index is 2.16. The van der Waals surface area contributed by atoms with E-state index in [0.29, 0.717) is 31.8 Å². The van der Waals surface area contributed by atoms with Crippen LogP contribution in [0.5, 0.6) is 0 Å². The van der Waals surface area contributed by atoms with Gasteiger partial charge in [0.15, 0.2) is 5.82 Å². The van der Waals surface area contributed by atoms with E-state index in [1.807, 2.05) is 11.5 Å². The van der Waals surface area contributed by atoms with Crippen molar-refractivity contribution in [2.75, 3.05) is 6.54 Å². The number of rotatable bonds is 8. The molecular weight excluding hydrogens is 262 g/mol. The predicted molar refractivity (Wildman–Crippen MR) is 72.0 cm³/mol. The maximum Gasteiger partial charge on any atom is 0.315 e. The molecule has 112 valence electrons. The molecule has 0 spiro atoms. The lowest BCUT2D eigenvalue weighted by Gasteiger charge is -2.09. The summed E-state index contributed by atoms with van der Waals surface area (Å²) in [5.41, 5.74) is 0. The van der Waals surface area contributed by atoms with E-state index >= 15 is 0 Å². The minimum atomic E-state index is -0.812. The summed E-state index contributed by atoms with van der Waals surface area (Å²) in [7, 11) is 0. The number of nitrogens with one attached hydrogen (secondary N) is 2. The SMILES string of the molecule is CCn1cnnc1CNC(=O)NCCCC(C)C(=O)O. The third-order valence-electron chi connectivity index (χ3n) is 2.96. The molecule has 0 aliphatic carbocycles. The number of urea groups is 1. The van der Waals surface area contributed by atoms with Crippen LogP contribution in [-0.2, 0) is 17.9 Å². The Morgan fingerprint density at radius 3 is 2.85 bits per heavy atom. The third kappa shape index (κ3) is 5.25. The van der Waals surface area contributed by atoms with Crippen molar-refractivity contribution in [2.45, 2.75) is 39.8 Å². The zero-order chi connectivity index (χ0) is 15.0. The van der Waals surface area contributed by atoms with Crippen LogP contribution in [0, 0.1) is 5.92 Å². The second-order valence-electron chi connectivity index (χ2n) is 4.52. The number of nitrogens with zero attached hydrogens (tertiary/aromatic N) is 3. The maximum absolute atomic E-state index is 11.5. The van der Waals surface area contributed by atoms with Gasteiger partial charge in [0.25, 0.3) is 0 Å². The number of carbonyl (C=O) groups is 2. The zero-order valence-corrected chi connectivity index (χ0v) is 11.8. The number of aromatic nitrogens is 3. The zero-order valence-electron chi connectivity index (χ0n) is 11.8. The minimum Gasteiger partial charge on any atom is -0.481 e. The van der Waals surface area contributed by atoms with E-state index in [9.17, 15) is 9.59 Å². The Kier molecular flexibility index (Phi) is 6.48. The van der Waals surface area contributed by atoms with Gasteiger partial charge in [-0.15, -0.1) is 10.2 Å². The number of hydrogen-bond acceptors (Lipinski definition) is 4. The molecule has 0 aromatic carbocycles. The average molecular weight is 283 g/mol. The Labute approximate surface area is 117 Å². The van der Waals surface area contributed by atoms with E-state index in [1.165, 1.54) is 0 Å². The molecule has 8 heteroatoms. The number of carboxylic acid groups (broad SMARTS) is 1. The van der Waals surface area contributed by atoms with E-state index in [4.69, 9.17) is 5.11 Å². The second kappa shape index (κ2) is 8.13. The van der Waals surface area contributed by atoms with Gasteiger partial charge in [-0.1, -0.05) is 6.92 Å². The molecule has 8 nitrogen and oxygen atoms in total. The highest BCUT2D eigenvalue weighted by Gasteiger charge is 2.10. The molecule has 1 atom stereocenters. The van der Waals surface area contributed by atoms with Crippen molar-refractivity contribution >= 4 is 12.0 Å². The first kappa shape index (κ1) is 15.9. The lowest BCUT2D eigenvalue weighted by Crippen LogP contribution is -2.36. The molecule has 1 unspecified atom stereocenters. The van der Waals surface area contributed by atoms with E-state index in [0.717, 1.165) is 6.54 Å². The topological polar surface area (TPSA) is 109 Å². The highest BCUT2D eigenvalue weighted by Crippen LogP contribution is 2.04. The molecule has 1 rings (SSSR count). The fraction of sp³-hybridized carbons (Fsp3) is 0.667. The minimum absolute atomic E-state index is 0.293. The number of amides is 2. The Bertz CT molecular complexity index is 446. The average Bonchev–Trinajstić information content (AvgIpc) is 2.88. The molecule has 1 aromatic heterocycles. The van der Waals surface area contributed by atoms with E-state index in [1.54, 1.807) is 13.3 Å². The van der Waals surface area contributed by atoms with Gasteiger partial charge in [-0.05, 0) is 19.8 Å². The fourth-order valence-corrected chi connectivity index (χ4v) is 1.64. The fourth-order valence-electron chi connectivity index (χ4n) is 1.64. The summed E-state index contributed by atoms with van der Waals surface area (Å²) in [6, 6.07) is -0.293. The molecule has 3 N–H and O–H groups in total. The molecule has 2 amide bonds. The van der Waals surface area contributed by atoms with Gasteiger partial charge in [0.2, 0.25) is 0 Å². The molecule has 0 aliphatic rings. The second-order valence-corrected chi connectivity index (χ2v) is 4.52. The lowest BCUT2D eigenvalue weighted by atomic mass is 10.1. The molecule has 1 heterocycles. The highest BCUT2D eigenvalue weighted by molar-refractivity contribution is 5.73. The number of aryl methyl sites for hydroxylation is 1. The molecule has 0 aliphatic heterocycles. The Morgan fingerprint density at radius 2 is 2.20 bits per heavy atom. The van der Waals surface area contributed by atoms with Crippen LogP contribution >= 0.6 is 0 Å². The summed E-state index contributed by atoms with van der Waals surface area (Å²) < 4.78 is 1.84. The standard InChI is InChI=1S/C12H21N5O3/c1-3-17-8-15-16-10(17)7-14-12(20)13-6-4-5-9(2)11(18)19/h8-9H,3-7H2,1-2H3,(H,18,19)(H2,13,14,20). The summed E-state index contributed by atoms with van der Waals surface area (Å²) in [6.07, 6.45) is 2.79. The molecule has 20 heavy (non-hydrogen) atoms. The number of aliphatic carboxylic acids is 1. The van der Waals surface area contributed by atoms with Gasteiger partial charge in [-0.2, -0.15) is 0 Å². The summed E-state index contributed by atoms with van der Waals surface area (Å²) in [5.74, 6) is -0.501. The summed E-state index contributed by atoms with van der Waals surface area (Å²) in [4.78, 5) is 22.1. The predicted octanol–water partition coefficient (Wildman–Crippen LogP) is 0.598.